The first-order valence-corrected chi connectivity index (χ1v) is 14.0. The van der Waals surface area contributed by atoms with Gasteiger partial charge in [-0.2, -0.15) is 10.4 Å². The van der Waals surface area contributed by atoms with E-state index in [1.54, 1.807) is 18.3 Å². The van der Waals surface area contributed by atoms with Crippen LogP contribution in [-0.2, 0) is 21.8 Å². The highest BCUT2D eigenvalue weighted by atomic mass is 32.2. The van der Waals surface area contributed by atoms with Crippen LogP contribution in [0.15, 0.2) is 52.5 Å². The summed E-state index contributed by atoms with van der Waals surface area (Å²) in [7, 11) is -3.31. The fourth-order valence-corrected chi connectivity index (χ4v) is 5.69. The summed E-state index contributed by atoms with van der Waals surface area (Å²) in [6.07, 6.45) is 5.79. The van der Waals surface area contributed by atoms with Gasteiger partial charge < -0.3 is 15.3 Å². The lowest BCUT2D eigenvalue weighted by Crippen LogP contribution is -2.47. The standard InChI is InChI=1S/C26H29N7O3S/c1-18-3-8-22(29-17-18)32-15-11-26(10-13-27,12-16-32)33-21-9-14-28-25(34)23(21)24(31-33)30-19-4-6-20(7-5-19)37(2,35)36/h3-8,14,17,25,34H,9-12,15-16H2,1-2H3,(H,30,31). The maximum atomic E-state index is 11.8. The molecule has 1 saturated heterocycles. The number of sulfone groups is 1. The molecule has 3 aromatic rings. The lowest BCUT2D eigenvalue weighted by atomic mass is 9.84. The fraction of sp³-hybridized carbons (Fsp3) is 0.385. The molecule has 0 aliphatic carbocycles. The first kappa shape index (κ1) is 24.9. The number of piperidine rings is 1. The van der Waals surface area contributed by atoms with Gasteiger partial charge >= 0.3 is 0 Å². The molecule has 0 radical (unpaired) electrons. The van der Waals surface area contributed by atoms with Crippen LogP contribution in [0.1, 0.15) is 42.3 Å². The van der Waals surface area contributed by atoms with E-state index in [-0.39, 0.29) is 11.3 Å². The molecule has 0 saturated carbocycles. The first-order chi connectivity index (χ1) is 17.7. The number of aromatic nitrogens is 3. The van der Waals surface area contributed by atoms with Gasteiger partial charge in [-0.25, -0.2) is 13.4 Å². The van der Waals surface area contributed by atoms with E-state index < -0.39 is 21.6 Å². The van der Waals surface area contributed by atoms with Crippen molar-refractivity contribution in [1.29, 1.82) is 5.26 Å². The number of pyridine rings is 1. The van der Waals surface area contributed by atoms with Gasteiger partial charge in [-0.05, 0) is 55.7 Å². The molecule has 192 valence electrons. The Morgan fingerprint density at radius 3 is 2.54 bits per heavy atom. The number of aliphatic hydroxyl groups excluding tert-OH is 1. The molecule has 10 nitrogen and oxygen atoms in total. The molecule has 2 aromatic heterocycles. The number of benzene rings is 1. The number of nitriles is 1. The van der Waals surface area contributed by atoms with Crippen LogP contribution >= 0.6 is 0 Å². The Morgan fingerprint density at radius 2 is 1.92 bits per heavy atom. The minimum Gasteiger partial charge on any atom is -0.368 e. The molecule has 0 bridgehead atoms. The van der Waals surface area contributed by atoms with Crippen LogP contribution in [0.5, 0.6) is 0 Å². The molecule has 2 N–H and O–H groups in total. The summed E-state index contributed by atoms with van der Waals surface area (Å²) in [5.41, 5.74) is 2.61. The van der Waals surface area contributed by atoms with Crippen molar-refractivity contribution in [3.8, 4) is 6.07 Å². The zero-order chi connectivity index (χ0) is 26.2. The Hall–Kier alpha value is -3.75. The summed E-state index contributed by atoms with van der Waals surface area (Å²) >= 11 is 0. The van der Waals surface area contributed by atoms with E-state index in [4.69, 9.17) is 5.10 Å². The lowest BCUT2D eigenvalue weighted by molar-refractivity contribution is 0.179. The minimum absolute atomic E-state index is 0.220. The summed E-state index contributed by atoms with van der Waals surface area (Å²) in [6, 6.07) is 12.8. The monoisotopic (exact) mass is 519 g/mol. The molecular formula is C26H29N7O3S. The molecule has 2 aliphatic rings. The van der Waals surface area contributed by atoms with Crippen LogP contribution in [0.2, 0.25) is 0 Å². The summed E-state index contributed by atoms with van der Waals surface area (Å²) in [5.74, 6) is 1.37. The summed E-state index contributed by atoms with van der Waals surface area (Å²) < 4.78 is 25.6. The fourth-order valence-electron chi connectivity index (χ4n) is 5.06. The summed E-state index contributed by atoms with van der Waals surface area (Å²) in [4.78, 5) is 11.2. The third kappa shape index (κ3) is 4.82. The maximum Gasteiger partial charge on any atom is 0.176 e. The molecule has 1 unspecified atom stereocenters. The summed E-state index contributed by atoms with van der Waals surface area (Å²) in [5, 5.41) is 28.7. The Balaban J connectivity index is 1.48. The predicted octanol–water partition coefficient (Wildman–Crippen LogP) is 3.26. The molecular weight excluding hydrogens is 490 g/mol. The number of hydrogen-bond acceptors (Lipinski definition) is 9. The third-order valence-corrected chi connectivity index (χ3v) is 8.26. The zero-order valence-electron chi connectivity index (χ0n) is 20.8. The number of rotatable bonds is 6. The predicted molar refractivity (Wildman–Crippen MR) is 141 cm³/mol. The highest BCUT2D eigenvalue weighted by Gasteiger charge is 2.41. The quantitative estimate of drug-likeness (QED) is 0.506. The molecule has 0 spiro atoms. The first-order valence-electron chi connectivity index (χ1n) is 12.1. The molecule has 1 aromatic carbocycles. The normalized spacial score (nSPS) is 18.8. The van der Waals surface area contributed by atoms with Crippen molar-refractivity contribution in [2.75, 3.05) is 29.6 Å². The molecule has 11 heteroatoms. The van der Waals surface area contributed by atoms with Crippen molar-refractivity contribution in [1.82, 2.24) is 14.8 Å². The number of fused-ring (bicyclic) bond motifs is 1. The van der Waals surface area contributed by atoms with Crippen molar-refractivity contribution >= 4 is 33.4 Å². The topological polar surface area (TPSA) is 136 Å². The van der Waals surface area contributed by atoms with Crippen LogP contribution in [0, 0.1) is 18.3 Å². The number of anilines is 3. The Kier molecular flexibility index (Phi) is 6.47. The van der Waals surface area contributed by atoms with E-state index >= 15 is 0 Å². The van der Waals surface area contributed by atoms with Gasteiger partial charge in [-0.1, -0.05) is 6.07 Å². The second-order valence-corrected chi connectivity index (χ2v) is 11.7. The molecule has 2 aliphatic heterocycles. The minimum atomic E-state index is -3.31. The average Bonchev–Trinajstić information content (AvgIpc) is 3.25. The number of nitrogens with zero attached hydrogens (tertiary/aromatic N) is 6. The Morgan fingerprint density at radius 1 is 1.19 bits per heavy atom. The van der Waals surface area contributed by atoms with Crippen molar-refractivity contribution in [3.05, 3.63) is 59.4 Å². The van der Waals surface area contributed by atoms with Crippen LogP contribution in [0.4, 0.5) is 17.3 Å². The van der Waals surface area contributed by atoms with Gasteiger partial charge in [0.15, 0.2) is 21.9 Å². The molecule has 4 heterocycles. The van der Waals surface area contributed by atoms with Crippen LogP contribution in [0.25, 0.3) is 0 Å². The number of hydrogen-bond donors (Lipinski definition) is 2. The zero-order valence-corrected chi connectivity index (χ0v) is 21.6. The second-order valence-electron chi connectivity index (χ2n) is 9.69. The van der Waals surface area contributed by atoms with Gasteiger partial charge in [0.05, 0.1) is 34.2 Å². The van der Waals surface area contributed by atoms with Crippen LogP contribution < -0.4 is 10.2 Å². The number of aryl methyl sites for hydroxylation is 1. The molecule has 5 rings (SSSR count). The SMILES string of the molecule is Cc1ccc(N2CCC(CC#N)(n3nc(Nc4ccc(S(C)(=O)=O)cc4)c4c3CC=NC4O)CC2)nc1. The van der Waals surface area contributed by atoms with E-state index in [1.165, 1.54) is 12.1 Å². The van der Waals surface area contributed by atoms with Gasteiger partial charge in [0, 0.05) is 43.9 Å². The number of nitrogens with one attached hydrogen (secondary N) is 1. The molecule has 37 heavy (non-hydrogen) atoms. The highest BCUT2D eigenvalue weighted by molar-refractivity contribution is 7.90. The van der Waals surface area contributed by atoms with Crippen LogP contribution in [0.3, 0.4) is 0 Å². The number of aliphatic hydroxyl groups is 1. The van der Waals surface area contributed by atoms with Gasteiger partial charge in [-0.3, -0.25) is 9.67 Å². The Labute approximate surface area is 216 Å². The highest BCUT2D eigenvalue weighted by Crippen LogP contribution is 2.41. The number of aliphatic imine (C=N–C) groups is 1. The van der Waals surface area contributed by atoms with E-state index in [2.05, 4.69) is 26.3 Å². The average molecular weight is 520 g/mol. The van der Waals surface area contributed by atoms with Gasteiger partial charge in [0.2, 0.25) is 0 Å². The van der Waals surface area contributed by atoms with Crippen molar-refractivity contribution in [2.24, 2.45) is 4.99 Å². The van der Waals surface area contributed by atoms with E-state index in [0.717, 1.165) is 36.4 Å². The van der Waals surface area contributed by atoms with Crippen molar-refractivity contribution in [2.45, 2.75) is 49.3 Å². The van der Waals surface area contributed by atoms with Gasteiger partial charge in [0.1, 0.15) is 5.82 Å². The van der Waals surface area contributed by atoms with Crippen molar-refractivity contribution < 1.29 is 13.5 Å². The lowest BCUT2D eigenvalue weighted by Gasteiger charge is -2.42. The molecule has 0 amide bonds. The van der Waals surface area contributed by atoms with Gasteiger partial charge in [0.25, 0.3) is 0 Å². The van der Waals surface area contributed by atoms with Crippen LogP contribution in [-0.4, -0.2) is 53.8 Å². The van der Waals surface area contributed by atoms with Gasteiger partial charge in [-0.15, -0.1) is 0 Å². The molecule has 1 fully saturated rings. The second kappa shape index (κ2) is 9.61. The largest absolute Gasteiger partial charge is 0.368 e. The van der Waals surface area contributed by atoms with E-state index in [0.29, 0.717) is 36.3 Å². The maximum absolute atomic E-state index is 11.8. The molecule has 1 atom stereocenters. The Bertz CT molecular complexity index is 1460. The van der Waals surface area contributed by atoms with E-state index in [9.17, 15) is 18.8 Å². The smallest absolute Gasteiger partial charge is 0.176 e. The third-order valence-electron chi connectivity index (χ3n) is 7.13. The van der Waals surface area contributed by atoms with E-state index in [1.807, 2.05) is 29.9 Å². The summed E-state index contributed by atoms with van der Waals surface area (Å²) in [6.45, 7) is 3.45. The van der Waals surface area contributed by atoms with Crippen molar-refractivity contribution in [3.63, 3.8) is 0 Å².